The first-order valence-electron chi connectivity index (χ1n) is 14.2. The van der Waals surface area contributed by atoms with Crippen LogP contribution < -0.4 is 10.2 Å². The van der Waals surface area contributed by atoms with Gasteiger partial charge in [0.25, 0.3) is 17.7 Å². The van der Waals surface area contributed by atoms with Crippen LogP contribution in [-0.4, -0.2) is 71.1 Å². The molecule has 1 saturated heterocycles. The van der Waals surface area contributed by atoms with Crippen LogP contribution in [0.1, 0.15) is 57.7 Å². The summed E-state index contributed by atoms with van der Waals surface area (Å²) in [6.45, 7) is 1.78. The van der Waals surface area contributed by atoms with E-state index in [-0.39, 0.29) is 29.5 Å². The van der Waals surface area contributed by atoms with E-state index in [4.69, 9.17) is 0 Å². The van der Waals surface area contributed by atoms with E-state index in [0.29, 0.717) is 30.2 Å². The number of benzene rings is 2. The first kappa shape index (κ1) is 30.3. The topological polar surface area (TPSA) is 145 Å². The van der Waals surface area contributed by atoms with Gasteiger partial charge in [0, 0.05) is 23.6 Å². The molecule has 11 nitrogen and oxygen atoms in total. The van der Waals surface area contributed by atoms with Gasteiger partial charge in [0.2, 0.25) is 0 Å². The lowest BCUT2D eigenvalue weighted by Crippen LogP contribution is -2.56. The van der Waals surface area contributed by atoms with Crippen LogP contribution in [0.4, 0.5) is 19.0 Å². The Kier molecular flexibility index (Phi) is 7.43. The minimum atomic E-state index is -4.69. The number of carbonyl (C=O) groups is 3. The molecule has 0 unspecified atom stereocenters. The van der Waals surface area contributed by atoms with Gasteiger partial charge in [0.1, 0.15) is 23.8 Å². The Hall–Kier alpha value is -4.71. The summed E-state index contributed by atoms with van der Waals surface area (Å²) < 4.78 is 66.5. The number of carbonyl (C=O) groups excluding carboxylic acids is 3. The number of nitrogens with one attached hydrogen (secondary N) is 1. The van der Waals surface area contributed by atoms with Gasteiger partial charge in [-0.2, -0.15) is 23.5 Å². The second-order valence-corrected chi connectivity index (χ2v) is 13.3. The Morgan fingerprint density at radius 3 is 2.44 bits per heavy atom. The largest absolute Gasteiger partial charge is 0.416 e. The van der Waals surface area contributed by atoms with E-state index in [1.54, 1.807) is 37.3 Å². The van der Waals surface area contributed by atoms with Crippen molar-refractivity contribution in [3.05, 3.63) is 77.0 Å². The lowest BCUT2D eigenvalue weighted by molar-refractivity contribution is -0.137. The van der Waals surface area contributed by atoms with E-state index in [1.807, 2.05) is 6.07 Å². The summed E-state index contributed by atoms with van der Waals surface area (Å²) in [7, 11) is -3.74. The number of aromatic nitrogens is 2. The minimum absolute atomic E-state index is 0.0875. The quantitative estimate of drug-likeness (QED) is 0.435. The SMILES string of the molecule is CCN1C(=O)[C@@H](NC(=O)c2cccc(C(F)(F)F)c2)[C@@H](C2CC2)c2c(C(=O)N3CS(=O)(=O)C[C@H]3C#N)nn(-c3ccccc3)c21. The van der Waals surface area contributed by atoms with Crippen LogP contribution in [0.2, 0.25) is 0 Å². The molecule has 3 aromatic rings. The Morgan fingerprint density at radius 1 is 1.11 bits per heavy atom. The molecular weight excluding hydrogens is 613 g/mol. The lowest BCUT2D eigenvalue weighted by Gasteiger charge is -2.38. The molecule has 3 aliphatic rings. The number of anilines is 1. The molecule has 3 atom stereocenters. The second kappa shape index (κ2) is 11.0. The second-order valence-electron chi connectivity index (χ2n) is 11.3. The molecule has 2 aliphatic heterocycles. The van der Waals surface area contributed by atoms with E-state index >= 15 is 0 Å². The average molecular weight is 641 g/mol. The number of sulfone groups is 1. The van der Waals surface area contributed by atoms with Crippen molar-refractivity contribution in [2.75, 3.05) is 23.1 Å². The van der Waals surface area contributed by atoms with Crippen LogP contribution in [0.15, 0.2) is 54.6 Å². The predicted molar refractivity (Wildman–Crippen MR) is 154 cm³/mol. The van der Waals surface area contributed by atoms with Gasteiger partial charge in [-0.05, 0) is 56.0 Å². The molecule has 3 heterocycles. The number of nitrogens with zero attached hydrogens (tertiary/aromatic N) is 5. The third-order valence-corrected chi connectivity index (χ3v) is 9.79. The average Bonchev–Trinajstić information content (AvgIpc) is 3.70. The summed E-state index contributed by atoms with van der Waals surface area (Å²) in [6, 6.07) is 11.9. The highest BCUT2D eigenvalue weighted by Crippen LogP contribution is 2.52. The van der Waals surface area contributed by atoms with Gasteiger partial charge in [-0.3, -0.25) is 19.3 Å². The van der Waals surface area contributed by atoms with Crippen molar-refractivity contribution >= 4 is 33.4 Å². The van der Waals surface area contributed by atoms with Crippen molar-refractivity contribution in [2.24, 2.45) is 5.92 Å². The number of nitriles is 1. The number of halogens is 3. The number of amides is 3. The molecule has 15 heteroatoms. The zero-order chi connectivity index (χ0) is 32.3. The summed E-state index contributed by atoms with van der Waals surface area (Å²) in [6.07, 6.45) is -3.40. The first-order chi connectivity index (χ1) is 21.3. The van der Waals surface area contributed by atoms with Crippen molar-refractivity contribution in [1.82, 2.24) is 20.0 Å². The van der Waals surface area contributed by atoms with E-state index in [0.717, 1.165) is 17.0 Å². The molecule has 1 aliphatic carbocycles. The molecule has 234 valence electrons. The lowest BCUT2D eigenvalue weighted by atomic mass is 9.82. The zero-order valence-electron chi connectivity index (χ0n) is 23.9. The number of rotatable bonds is 6. The van der Waals surface area contributed by atoms with E-state index in [9.17, 15) is 41.2 Å². The highest BCUT2D eigenvalue weighted by molar-refractivity contribution is 7.91. The molecule has 1 N–H and O–H groups in total. The van der Waals surface area contributed by atoms with Crippen LogP contribution in [0.5, 0.6) is 0 Å². The summed E-state index contributed by atoms with van der Waals surface area (Å²) in [5, 5.41) is 16.9. The molecule has 45 heavy (non-hydrogen) atoms. The van der Waals surface area contributed by atoms with E-state index in [1.165, 1.54) is 15.6 Å². The van der Waals surface area contributed by atoms with Gasteiger partial charge < -0.3 is 10.2 Å². The van der Waals surface area contributed by atoms with Gasteiger partial charge in [0.15, 0.2) is 15.5 Å². The molecule has 2 aromatic carbocycles. The van der Waals surface area contributed by atoms with Crippen LogP contribution >= 0.6 is 0 Å². The Balaban J connectivity index is 1.50. The van der Waals surface area contributed by atoms with Crippen molar-refractivity contribution < 1.29 is 36.0 Å². The van der Waals surface area contributed by atoms with Crippen molar-refractivity contribution in [3.63, 3.8) is 0 Å². The fourth-order valence-electron chi connectivity index (χ4n) is 6.10. The highest BCUT2D eigenvalue weighted by Gasteiger charge is 2.53. The number of fused-ring (bicyclic) bond motifs is 1. The van der Waals surface area contributed by atoms with Gasteiger partial charge in [0.05, 0.1) is 23.1 Å². The molecular formula is C30H27F3N6O5S. The third-order valence-electron chi connectivity index (χ3n) is 8.30. The molecule has 0 spiro atoms. The van der Waals surface area contributed by atoms with Crippen molar-refractivity contribution in [2.45, 2.75) is 43.9 Å². The first-order valence-corrected chi connectivity index (χ1v) is 16.1. The van der Waals surface area contributed by atoms with Crippen molar-refractivity contribution in [1.29, 1.82) is 5.26 Å². The standard InChI is InChI=1S/C30H27F3N6O5S/c1-2-37-27-23(22(17-11-12-17)24(28(37)41)35-26(40)18-7-6-8-19(13-18)30(31,32)33)25(36-39(27)20-9-4-3-5-10-20)29(42)38-16-45(43,44)15-21(38)14-34/h3-10,13,17,21-22,24H,2,11-12,15-16H2,1H3,(H,35,40)/t21-,22+,24+/m1/s1. The molecule has 1 saturated carbocycles. The van der Waals surface area contributed by atoms with E-state index in [2.05, 4.69) is 10.4 Å². The summed E-state index contributed by atoms with van der Waals surface area (Å²) in [4.78, 5) is 43.9. The number of likely N-dealkylation sites (N-methyl/N-ethyl adjacent to an activating group) is 1. The number of hydrogen-bond acceptors (Lipinski definition) is 7. The normalized spacial score (nSPS) is 22.6. The number of hydrogen-bond donors (Lipinski definition) is 1. The summed E-state index contributed by atoms with van der Waals surface area (Å²) in [5.74, 6) is -4.18. The monoisotopic (exact) mass is 640 g/mol. The molecule has 1 aromatic heterocycles. The number of alkyl halides is 3. The Labute approximate surface area is 256 Å². The molecule has 2 fully saturated rings. The molecule has 0 bridgehead atoms. The van der Waals surface area contributed by atoms with Crippen LogP contribution in [0.3, 0.4) is 0 Å². The highest BCUT2D eigenvalue weighted by atomic mass is 32.2. The Morgan fingerprint density at radius 2 is 1.82 bits per heavy atom. The van der Waals surface area contributed by atoms with Crippen LogP contribution in [0.25, 0.3) is 5.69 Å². The minimum Gasteiger partial charge on any atom is -0.340 e. The smallest absolute Gasteiger partial charge is 0.340 e. The maximum absolute atomic E-state index is 14.1. The van der Waals surface area contributed by atoms with Gasteiger partial charge in [-0.15, -0.1) is 0 Å². The number of para-hydroxylation sites is 1. The van der Waals surface area contributed by atoms with Crippen LogP contribution in [0, 0.1) is 17.2 Å². The molecule has 0 radical (unpaired) electrons. The van der Waals surface area contributed by atoms with Gasteiger partial charge in [-0.25, -0.2) is 13.1 Å². The third kappa shape index (κ3) is 5.43. The summed E-state index contributed by atoms with van der Waals surface area (Å²) >= 11 is 0. The zero-order valence-corrected chi connectivity index (χ0v) is 24.7. The fourth-order valence-corrected chi connectivity index (χ4v) is 7.66. The van der Waals surface area contributed by atoms with Crippen LogP contribution in [-0.2, 0) is 20.8 Å². The molecule has 6 rings (SSSR count). The van der Waals surface area contributed by atoms with Gasteiger partial charge >= 0.3 is 6.18 Å². The van der Waals surface area contributed by atoms with Crippen molar-refractivity contribution in [3.8, 4) is 11.8 Å². The Bertz CT molecular complexity index is 1850. The predicted octanol–water partition coefficient (Wildman–Crippen LogP) is 3.27. The maximum atomic E-state index is 14.1. The fraction of sp³-hybridized carbons (Fsp3) is 0.367. The molecule has 3 amide bonds. The maximum Gasteiger partial charge on any atom is 0.416 e. The summed E-state index contributed by atoms with van der Waals surface area (Å²) in [5.41, 5.74) is -0.663. The van der Waals surface area contributed by atoms with E-state index < -0.39 is 68.9 Å². The van der Waals surface area contributed by atoms with Gasteiger partial charge in [-0.1, -0.05) is 24.3 Å².